The molecule has 2 aromatic rings. The average Bonchev–Trinajstić information content (AvgIpc) is 3.05. The fourth-order valence-corrected chi connectivity index (χ4v) is 3.88. The number of carbonyl (C=O) groups excluding carboxylic acids is 1. The number of hydrogen-bond donors (Lipinski definition) is 0. The maximum absolute atomic E-state index is 12.3. The number of rotatable bonds is 11. The Balaban J connectivity index is 1.53. The molecular weight excluding hydrogens is 348 g/mol. The molecule has 2 aromatic carbocycles. The van der Waals surface area contributed by atoms with Gasteiger partial charge in [-0.2, -0.15) is 0 Å². The van der Waals surface area contributed by atoms with Crippen LogP contribution in [0.15, 0.2) is 54.6 Å². The lowest BCUT2D eigenvalue weighted by atomic mass is 9.85. The van der Waals surface area contributed by atoms with Gasteiger partial charge < -0.3 is 9.47 Å². The molecule has 0 amide bonds. The van der Waals surface area contributed by atoms with Gasteiger partial charge in [-0.05, 0) is 42.5 Å². The van der Waals surface area contributed by atoms with Gasteiger partial charge in [-0.3, -0.25) is 4.79 Å². The molecular formula is C25H32O3. The quantitative estimate of drug-likeness (QED) is 0.375. The highest BCUT2D eigenvalue weighted by Gasteiger charge is 2.36. The smallest absolute Gasteiger partial charge is 0.309 e. The number of ether oxygens (including phenoxy) is 2. The van der Waals surface area contributed by atoms with Gasteiger partial charge in [0.15, 0.2) is 0 Å². The summed E-state index contributed by atoms with van der Waals surface area (Å²) in [4.78, 5) is 12.3. The number of cyclic esters (lactones) is 1. The van der Waals surface area contributed by atoms with Crippen LogP contribution in [0.5, 0.6) is 5.75 Å². The Morgan fingerprint density at radius 1 is 0.929 bits per heavy atom. The highest BCUT2D eigenvalue weighted by Crippen LogP contribution is 2.30. The predicted molar refractivity (Wildman–Crippen MR) is 112 cm³/mol. The van der Waals surface area contributed by atoms with Gasteiger partial charge in [0.2, 0.25) is 0 Å². The third-order valence-corrected chi connectivity index (χ3v) is 5.52. The molecule has 3 rings (SSSR count). The molecule has 3 heteroatoms. The maximum Gasteiger partial charge on any atom is 0.309 e. The van der Waals surface area contributed by atoms with Crippen molar-refractivity contribution in [3.63, 3.8) is 0 Å². The Morgan fingerprint density at radius 2 is 1.71 bits per heavy atom. The van der Waals surface area contributed by atoms with E-state index in [9.17, 15) is 4.79 Å². The minimum atomic E-state index is -0.0792. The number of carbonyl (C=O) groups is 1. The first-order chi connectivity index (χ1) is 13.8. The van der Waals surface area contributed by atoms with Crippen LogP contribution in [-0.2, 0) is 22.4 Å². The van der Waals surface area contributed by atoms with Crippen molar-refractivity contribution in [2.24, 2.45) is 11.8 Å². The first-order valence-corrected chi connectivity index (χ1v) is 10.7. The summed E-state index contributed by atoms with van der Waals surface area (Å²) in [6.45, 7) is 3.51. The van der Waals surface area contributed by atoms with Gasteiger partial charge in [0.1, 0.15) is 5.75 Å². The van der Waals surface area contributed by atoms with Crippen molar-refractivity contribution >= 4 is 5.97 Å². The Hall–Kier alpha value is -2.29. The molecule has 0 unspecified atom stereocenters. The van der Waals surface area contributed by atoms with Crippen LogP contribution in [-0.4, -0.2) is 19.2 Å². The monoisotopic (exact) mass is 380 g/mol. The molecule has 0 saturated carbocycles. The lowest BCUT2D eigenvalue weighted by Gasteiger charge is -2.16. The molecule has 1 aliphatic rings. The molecule has 1 fully saturated rings. The van der Waals surface area contributed by atoms with Gasteiger partial charge in [0.05, 0.1) is 19.1 Å². The molecule has 0 aliphatic carbocycles. The van der Waals surface area contributed by atoms with Gasteiger partial charge in [-0.25, -0.2) is 0 Å². The number of hydrogen-bond acceptors (Lipinski definition) is 3. The van der Waals surface area contributed by atoms with Gasteiger partial charge in [0, 0.05) is 5.92 Å². The van der Waals surface area contributed by atoms with Crippen LogP contribution in [0.2, 0.25) is 0 Å². The SMILES string of the molecule is CCCCCCCOc1cccc(C[C@H]2C(=O)OC[C@@H]2Cc2ccccc2)c1. The fraction of sp³-hybridized carbons (Fsp3) is 0.480. The molecule has 0 bridgehead atoms. The zero-order valence-electron chi connectivity index (χ0n) is 16.9. The molecule has 1 aliphatic heterocycles. The van der Waals surface area contributed by atoms with E-state index >= 15 is 0 Å². The number of benzene rings is 2. The molecule has 2 atom stereocenters. The van der Waals surface area contributed by atoms with Crippen LogP contribution in [0.25, 0.3) is 0 Å². The van der Waals surface area contributed by atoms with Crippen molar-refractivity contribution in [3.05, 3.63) is 65.7 Å². The Kier molecular flexibility index (Phi) is 7.95. The number of esters is 1. The van der Waals surface area contributed by atoms with Gasteiger partial charge in [0.25, 0.3) is 0 Å². The molecule has 1 heterocycles. The molecule has 3 nitrogen and oxygen atoms in total. The summed E-state index contributed by atoms with van der Waals surface area (Å²) in [6, 6.07) is 18.5. The highest BCUT2D eigenvalue weighted by molar-refractivity contribution is 5.75. The van der Waals surface area contributed by atoms with E-state index in [-0.39, 0.29) is 17.8 Å². The van der Waals surface area contributed by atoms with Gasteiger partial charge >= 0.3 is 5.97 Å². The third-order valence-electron chi connectivity index (χ3n) is 5.52. The van der Waals surface area contributed by atoms with Crippen molar-refractivity contribution in [2.75, 3.05) is 13.2 Å². The lowest BCUT2D eigenvalue weighted by Crippen LogP contribution is -2.20. The Labute approximate surface area is 169 Å². The van der Waals surface area contributed by atoms with Crippen LogP contribution in [0.1, 0.15) is 50.2 Å². The van der Waals surface area contributed by atoms with Crippen molar-refractivity contribution in [1.29, 1.82) is 0 Å². The molecule has 0 radical (unpaired) electrons. The van der Waals surface area contributed by atoms with Crippen LogP contribution in [0, 0.1) is 11.8 Å². The van der Waals surface area contributed by atoms with Crippen LogP contribution in [0.4, 0.5) is 0 Å². The Bertz CT molecular complexity index is 726. The van der Waals surface area contributed by atoms with E-state index in [1.165, 1.54) is 31.2 Å². The van der Waals surface area contributed by atoms with Gasteiger partial charge in [-0.15, -0.1) is 0 Å². The topological polar surface area (TPSA) is 35.5 Å². The molecule has 0 spiro atoms. The number of unbranched alkanes of at least 4 members (excludes halogenated alkanes) is 4. The molecule has 0 aromatic heterocycles. The fourth-order valence-electron chi connectivity index (χ4n) is 3.88. The first-order valence-electron chi connectivity index (χ1n) is 10.7. The Morgan fingerprint density at radius 3 is 2.54 bits per heavy atom. The van der Waals surface area contributed by atoms with Crippen LogP contribution >= 0.6 is 0 Å². The van der Waals surface area contributed by atoms with Gasteiger partial charge in [-0.1, -0.05) is 75.1 Å². The van der Waals surface area contributed by atoms with Crippen molar-refractivity contribution < 1.29 is 14.3 Å². The van der Waals surface area contributed by atoms with Crippen LogP contribution in [0.3, 0.4) is 0 Å². The molecule has 150 valence electrons. The minimum Gasteiger partial charge on any atom is -0.494 e. The summed E-state index contributed by atoms with van der Waals surface area (Å²) < 4.78 is 11.3. The second-order valence-corrected chi connectivity index (χ2v) is 7.80. The summed E-state index contributed by atoms with van der Waals surface area (Å²) in [5.41, 5.74) is 2.40. The summed E-state index contributed by atoms with van der Waals surface area (Å²) in [5, 5.41) is 0. The minimum absolute atomic E-state index is 0.0665. The van der Waals surface area contributed by atoms with E-state index in [1.54, 1.807) is 0 Å². The van der Waals surface area contributed by atoms with E-state index in [0.29, 0.717) is 13.0 Å². The summed E-state index contributed by atoms with van der Waals surface area (Å²) in [5.74, 6) is 0.990. The zero-order valence-corrected chi connectivity index (χ0v) is 16.9. The van der Waals surface area contributed by atoms with Crippen molar-refractivity contribution in [2.45, 2.75) is 51.9 Å². The molecule has 28 heavy (non-hydrogen) atoms. The zero-order chi connectivity index (χ0) is 19.6. The summed E-state index contributed by atoms with van der Waals surface area (Å²) in [7, 11) is 0. The van der Waals surface area contributed by atoms with E-state index in [2.05, 4.69) is 31.2 Å². The second kappa shape index (κ2) is 10.9. The van der Waals surface area contributed by atoms with E-state index in [4.69, 9.17) is 9.47 Å². The standard InChI is InChI=1S/C25H32O3/c1-2-3-4-5-9-15-27-23-14-10-13-21(17-23)18-24-22(19-28-25(24)26)16-20-11-7-6-8-12-20/h6-8,10-14,17,22,24H,2-5,9,15-16,18-19H2,1H3/t22-,24+/m0/s1. The van der Waals surface area contributed by atoms with Crippen LogP contribution < -0.4 is 4.74 Å². The van der Waals surface area contributed by atoms with Crippen molar-refractivity contribution in [1.82, 2.24) is 0 Å². The first kappa shape index (κ1) is 20.4. The van der Waals surface area contributed by atoms with Crippen molar-refractivity contribution in [3.8, 4) is 5.75 Å². The lowest BCUT2D eigenvalue weighted by molar-refractivity contribution is -0.141. The summed E-state index contributed by atoms with van der Waals surface area (Å²) >= 11 is 0. The van der Waals surface area contributed by atoms with E-state index in [1.807, 2.05) is 30.3 Å². The normalized spacial score (nSPS) is 18.8. The van der Waals surface area contributed by atoms with E-state index < -0.39 is 0 Å². The summed E-state index contributed by atoms with van der Waals surface area (Å²) in [6.07, 6.45) is 7.76. The maximum atomic E-state index is 12.3. The third kappa shape index (κ3) is 6.12. The average molecular weight is 381 g/mol. The second-order valence-electron chi connectivity index (χ2n) is 7.80. The molecule has 0 N–H and O–H groups in total. The predicted octanol–water partition coefficient (Wildman–Crippen LogP) is 5.61. The largest absolute Gasteiger partial charge is 0.494 e. The van der Waals surface area contributed by atoms with E-state index in [0.717, 1.165) is 30.8 Å². The highest BCUT2D eigenvalue weighted by atomic mass is 16.5. The molecule has 1 saturated heterocycles.